The maximum atomic E-state index is 13.9. The molecular formula is C19H23Cl2F2N3O. The first-order valence-electron chi connectivity index (χ1n) is 8.33. The second-order valence-corrected chi connectivity index (χ2v) is 6.29. The highest BCUT2D eigenvalue weighted by molar-refractivity contribution is 5.85. The van der Waals surface area contributed by atoms with Gasteiger partial charge in [-0.3, -0.25) is 4.79 Å². The van der Waals surface area contributed by atoms with Gasteiger partial charge in [-0.15, -0.1) is 24.8 Å². The second-order valence-electron chi connectivity index (χ2n) is 6.29. The van der Waals surface area contributed by atoms with Crippen LogP contribution in [0.1, 0.15) is 24.4 Å². The number of nitrogens with zero attached hydrogens (tertiary/aromatic N) is 1. The zero-order valence-electron chi connectivity index (χ0n) is 14.6. The van der Waals surface area contributed by atoms with Crippen LogP contribution in [0.5, 0.6) is 0 Å². The number of halogens is 4. The molecule has 1 heterocycles. The lowest BCUT2D eigenvalue weighted by molar-refractivity contribution is -0.122. The molecule has 0 spiro atoms. The standard InChI is InChI=1S/C19H21F2N3O.2ClH/c20-15-7-4-8-16(21)19(15)24-10-9-14(12-24)23-18(25)11-17(22)13-5-2-1-3-6-13;;/h1-8,14,17H,9-12,22H2,(H,23,25);2*1H. The van der Waals surface area contributed by atoms with E-state index in [1.165, 1.54) is 18.2 Å². The summed E-state index contributed by atoms with van der Waals surface area (Å²) in [5, 5.41) is 2.91. The monoisotopic (exact) mass is 417 g/mol. The number of nitrogens with two attached hydrogens (primary N) is 1. The Morgan fingerprint density at radius 2 is 1.74 bits per heavy atom. The van der Waals surface area contributed by atoms with E-state index in [-0.39, 0.29) is 54.9 Å². The summed E-state index contributed by atoms with van der Waals surface area (Å²) in [7, 11) is 0. The highest BCUT2D eigenvalue weighted by Crippen LogP contribution is 2.26. The fourth-order valence-corrected chi connectivity index (χ4v) is 3.18. The number of para-hydroxylation sites is 1. The third-order valence-corrected chi connectivity index (χ3v) is 4.44. The molecule has 4 nitrogen and oxygen atoms in total. The van der Waals surface area contributed by atoms with Gasteiger partial charge in [0.15, 0.2) is 0 Å². The number of amides is 1. The van der Waals surface area contributed by atoms with E-state index in [4.69, 9.17) is 5.73 Å². The summed E-state index contributed by atoms with van der Waals surface area (Å²) >= 11 is 0. The van der Waals surface area contributed by atoms with Crippen molar-refractivity contribution in [3.05, 3.63) is 65.7 Å². The molecule has 0 aliphatic carbocycles. The summed E-state index contributed by atoms with van der Waals surface area (Å²) in [6.07, 6.45) is 0.814. The van der Waals surface area contributed by atoms with Crippen LogP contribution in [-0.2, 0) is 4.79 Å². The third-order valence-electron chi connectivity index (χ3n) is 4.44. The lowest BCUT2D eigenvalue weighted by Gasteiger charge is -2.20. The summed E-state index contributed by atoms with van der Waals surface area (Å²) < 4.78 is 27.7. The van der Waals surface area contributed by atoms with Crippen molar-refractivity contribution in [3.8, 4) is 0 Å². The number of hydrogen-bond acceptors (Lipinski definition) is 3. The van der Waals surface area contributed by atoms with E-state index >= 15 is 0 Å². The molecule has 3 N–H and O–H groups in total. The van der Waals surface area contributed by atoms with Gasteiger partial charge in [0.2, 0.25) is 5.91 Å². The van der Waals surface area contributed by atoms with Gasteiger partial charge in [0.25, 0.3) is 0 Å². The Balaban J connectivity index is 0.00000182. The Kier molecular flexibility index (Phi) is 8.96. The molecule has 2 aromatic rings. The lowest BCUT2D eigenvalue weighted by Crippen LogP contribution is -2.38. The van der Waals surface area contributed by atoms with Crippen LogP contribution in [0.15, 0.2) is 48.5 Å². The molecule has 0 radical (unpaired) electrons. The van der Waals surface area contributed by atoms with E-state index in [1.54, 1.807) is 4.90 Å². The van der Waals surface area contributed by atoms with Crippen molar-refractivity contribution in [1.29, 1.82) is 0 Å². The molecule has 1 aliphatic rings. The van der Waals surface area contributed by atoms with Crippen LogP contribution < -0.4 is 16.0 Å². The quantitative estimate of drug-likeness (QED) is 0.781. The van der Waals surface area contributed by atoms with Crippen molar-refractivity contribution in [2.45, 2.75) is 24.9 Å². The van der Waals surface area contributed by atoms with Crippen LogP contribution in [0.3, 0.4) is 0 Å². The molecular weight excluding hydrogens is 395 g/mol. The summed E-state index contributed by atoms with van der Waals surface area (Å²) in [6, 6.07) is 12.7. The fourth-order valence-electron chi connectivity index (χ4n) is 3.18. The molecule has 1 amide bonds. The van der Waals surface area contributed by atoms with Crippen LogP contribution in [0, 0.1) is 11.6 Å². The van der Waals surface area contributed by atoms with Gasteiger partial charge in [-0.05, 0) is 24.1 Å². The van der Waals surface area contributed by atoms with E-state index in [0.29, 0.717) is 19.5 Å². The SMILES string of the molecule is Cl.Cl.NC(CC(=O)NC1CCN(c2c(F)cccc2F)C1)c1ccccc1. The van der Waals surface area contributed by atoms with Gasteiger partial charge in [-0.25, -0.2) is 8.78 Å². The van der Waals surface area contributed by atoms with E-state index in [2.05, 4.69) is 5.32 Å². The maximum Gasteiger partial charge on any atom is 0.222 e. The number of benzene rings is 2. The van der Waals surface area contributed by atoms with Crippen LogP contribution >= 0.6 is 24.8 Å². The second kappa shape index (κ2) is 10.4. The Bertz CT molecular complexity index is 729. The van der Waals surface area contributed by atoms with E-state index in [0.717, 1.165) is 5.56 Å². The third kappa shape index (κ3) is 5.79. The van der Waals surface area contributed by atoms with E-state index in [9.17, 15) is 13.6 Å². The fraction of sp³-hybridized carbons (Fsp3) is 0.316. The maximum absolute atomic E-state index is 13.9. The van der Waals surface area contributed by atoms with Gasteiger partial charge in [-0.2, -0.15) is 0 Å². The van der Waals surface area contributed by atoms with Crippen LogP contribution in [0.2, 0.25) is 0 Å². The predicted octanol–water partition coefficient (Wildman–Crippen LogP) is 3.59. The Morgan fingerprint density at radius 3 is 2.37 bits per heavy atom. The Hall–Kier alpha value is -1.89. The first kappa shape index (κ1) is 23.1. The predicted molar refractivity (Wildman–Crippen MR) is 108 cm³/mol. The first-order valence-corrected chi connectivity index (χ1v) is 8.33. The zero-order chi connectivity index (χ0) is 17.8. The number of nitrogens with one attached hydrogen (secondary N) is 1. The minimum atomic E-state index is -0.585. The highest BCUT2D eigenvalue weighted by Gasteiger charge is 2.28. The van der Waals surface area contributed by atoms with Gasteiger partial charge in [0, 0.05) is 31.6 Å². The summed E-state index contributed by atoms with van der Waals surface area (Å²) in [6.45, 7) is 0.873. The van der Waals surface area contributed by atoms with E-state index in [1.807, 2.05) is 30.3 Å². The van der Waals surface area contributed by atoms with Crippen molar-refractivity contribution < 1.29 is 13.6 Å². The topological polar surface area (TPSA) is 58.4 Å². The Morgan fingerprint density at radius 1 is 1.11 bits per heavy atom. The molecule has 27 heavy (non-hydrogen) atoms. The van der Waals surface area contributed by atoms with Crippen molar-refractivity contribution in [3.63, 3.8) is 0 Å². The van der Waals surface area contributed by atoms with Gasteiger partial charge >= 0.3 is 0 Å². The first-order chi connectivity index (χ1) is 12.0. The molecule has 3 rings (SSSR count). The van der Waals surface area contributed by atoms with Crippen molar-refractivity contribution >= 4 is 36.4 Å². The van der Waals surface area contributed by atoms with Crippen LogP contribution in [0.25, 0.3) is 0 Å². The zero-order valence-corrected chi connectivity index (χ0v) is 16.2. The number of hydrogen-bond donors (Lipinski definition) is 2. The molecule has 0 bridgehead atoms. The minimum Gasteiger partial charge on any atom is -0.365 e. The van der Waals surface area contributed by atoms with Gasteiger partial charge in [0.05, 0.1) is 0 Å². The van der Waals surface area contributed by atoms with Crippen LogP contribution in [-0.4, -0.2) is 25.0 Å². The molecule has 1 fully saturated rings. The van der Waals surface area contributed by atoms with Crippen molar-refractivity contribution in [2.75, 3.05) is 18.0 Å². The molecule has 1 aliphatic heterocycles. The minimum absolute atomic E-state index is 0. The smallest absolute Gasteiger partial charge is 0.222 e. The molecule has 2 aromatic carbocycles. The molecule has 8 heteroatoms. The van der Waals surface area contributed by atoms with Crippen LogP contribution in [0.4, 0.5) is 14.5 Å². The summed E-state index contributed by atoms with van der Waals surface area (Å²) in [5.74, 6) is -1.33. The molecule has 1 saturated heterocycles. The number of carbonyl (C=O) groups is 1. The van der Waals surface area contributed by atoms with Gasteiger partial charge in [0.1, 0.15) is 17.3 Å². The van der Waals surface area contributed by atoms with Crippen molar-refractivity contribution in [1.82, 2.24) is 5.32 Å². The lowest BCUT2D eigenvalue weighted by atomic mass is 10.0. The number of rotatable bonds is 5. The largest absolute Gasteiger partial charge is 0.365 e. The van der Waals surface area contributed by atoms with E-state index < -0.39 is 11.6 Å². The van der Waals surface area contributed by atoms with Gasteiger partial charge in [-0.1, -0.05) is 36.4 Å². The summed E-state index contributed by atoms with van der Waals surface area (Å²) in [4.78, 5) is 13.8. The van der Waals surface area contributed by atoms with Crippen molar-refractivity contribution in [2.24, 2.45) is 5.73 Å². The number of anilines is 1. The highest BCUT2D eigenvalue weighted by atomic mass is 35.5. The van der Waals surface area contributed by atoms with Gasteiger partial charge < -0.3 is 16.0 Å². The number of carbonyl (C=O) groups excluding carboxylic acids is 1. The molecule has 0 aromatic heterocycles. The Labute approximate surface area is 169 Å². The summed E-state index contributed by atoms with van der Waals surface area (Å²) in [5.41, 5.74) is 6.93. The average Bonchev–Trinajstić information content (AvgIpc) is 3.03. The molecule has 2 unspecified atom stereocenters. The molecule has 2 atom stereocenters. The average molecular weight is 418 g/mol. The normalized spacial score (nSPS) is 16.9. The molecule has 148 valence electrons. The molecule has 0 saturated carbocycles.